The first-order valence-corrected chi connectivity index (χ1v) is 6.26. The molecule has 0 fully saturated rings. The maximum atomic E-state index is 11.1. The summed E-state index contributed by atoms with van der Waals surface area (Å²) >= 11 is 1.54. The number of rotatable bonds is 6. The second-order valence-corrected chi connectivity index (χ2v) is 5.18. The number of aromatic nitrogens is 1. The van der Waals surface area contributed by atoms with Crippen molar-refractivity contribution in [3.05, 3.63) is 16.6 Å². The molecule has 0 amide bonds. The van der Waals surface area contributed by atoms with Crippen LogP contribution < -0.4 is 5.32 Å². The van der Waals surface area contributed by atoms with Gasteiger partial charge in [0.15, 0.2) is 0 Å². The van der Waals surface area contributed by atoms with E-state index in [4.69, 9.17) is 5.11 Å². The summed E-state index contributed by atoms with van der Waals surface area (Å²) in [4.78, 5) is 15.3. The van der Waals surface area contributed by atoms with Crippen molar-refractivity contribution in [1.29, 1.82) is 0 Å². The Morgan fingerprint density at radius 2 is 2.38 bits per heavy atom. The van der Waals surface area contributed by atoms with Crippen molar-refractivity contribution < 1.29 is 9.90 Å². The molecule has 0 aliphatic rings. The van der Waals surface area contributed by atoms with Crippen LogP contribution in [0.25, 0.3) is 0 Å². The van der Waals surface area contributed by atoms with Gasteiger partial charge in [0.2, 0.25) is 0 Å². The van der Waals surface area contributed by atoms with Gasteiger partial charge in [-0.1, -0.05) is 13.3 Å². The minimum absolute atomic E-state index is 0.396. The molecule has 0 saturated heterocycles. The van der Waals surface area contributed by atoms with Crippen LogP contribution in [-0.2, 0) is 10.3 Å². The predicted molar refractivity (Wildman–Crippen MR) is 64.6 cm³/mol. The van der Waals surface area contributed by atoms with Crippen molar-refractivity contribution in [2.75, 3.05) is 0 Å². The Morgan fingerprint density at radius 3 is 2.81 bits per heavy atom. The van der Waals surface area contributed by atoms with E-state index in [0.29, 0.717) is 6.42 Å². The second kappa shape index (κ2) is 5.41. The Balaban J connectivity index is 2.73. The molecule has 0 aliphatic heterocycles. The van der Waals surface area contributed by atoms with E-state index in [-0.39, 0.29) is 0 Å². The third-order valence-electron chi connectivity index (χ3n) is 2.38. The SMILES string of the molecule is CCCC(NC(C)(C)c1nccs1)C(=O)O. The summed E-state index contributed by atoms with van der Waals surface area (Å²) < 4.78 is 0. The number of hydrogen-bond acceptors (Lipinski definition) is 4. The Hall–Kier alpha value is -0.940. The molecule has 0 spiro atoms. The molecule has 5 heteroatoms. The smallest absolute Gasteiger partial charge is 0.320 e. The molecule has 1 unspecified atom stereocenters. The van der Waals surface area contributed by atoms with Crippen molar-refractivity contribution in [2.24, 2.45) is 0 Å². The average molecular weight is 242 g/mol. The maximum Gasteiger partial charge on any atom is 0.320 e. The molecule has 0 saturated carbocycles. The summed E-state index contributed by atoms with van der Waals surface area (Å²) in [5, 5.41) is 15.0. The van der Waals surface area contributed by atoms with Gasteiger partial charge in [0, 0.05) is 11.6 Å². The Morgan fingerprint density at radius 1 is 1.69 bits per heavy atom. The van der Waals surface area contributed by atoms with E-state index in [1.54, 1.807) is 6.20 Å². The Bertz CT molecular complexity index is 336. The molecular formula is C11H18N2O2S. The molecule has 1 aromatic rings. The minimum atomic E-state index is -0.800. The third-order valence-corrected chi connectivity index (χ3v) is 3.47. The van der Waals surface area contributed by atoms with Crippen LogP contribution in [0.4, 0.5) is 0 Å². The number of carboxylic acids is 1. The van der Waals surface area contributed by atoms with E-state index in [1.807, 2.05) is 26.2 Å². The van der Waals surface area contributed by atoms with Crippen LogP contribution in [0, 0.1) is 0 Å². The highest BCUT2D eigenvalue weighted by Gasteiger charge is 2.29. The Kier molecular flexibility index (Phi) is 4.44. The molecule has 0 aromatic carbocycles. The van der Waals surface area contributed by atoms with Crippen LogP contribution in [0.2, 0.25) is 0 Å². The van der Waals surface area contributed by atoms with Crippen LogP contribution in [0.5, 0.6) is 0 Å². The fourth-order valence-electron chi connectivity index (χ4n) is 1.58. The predicted octanol–water partition coefficient (Wildman–Crippen LogP) is 2.22. The van der Waals surface area contributed by atoms with E-state index in [1.165, 1.54) is 11.3 Å². The summed E-state index contributed by atoms with van der Waals surface area (Å²) in [6.07, 6.45) is 3.21. The number of nitrogens with one attached hydrogen (secondary N) is 1. The number of nitrogens with zero attached hydrogens (tertiary/aromatic N) is 1. The van der Waals surface area contributed by atoms with E-state index in [9.17, 15) is 4.79 Å². The van der Waals surface area contributed by atoms with Crippen molar-refractivity contribution in [3.63, 3.8) is 0 Å². The highest BCUT2D eigenvalue weighted by atomic mass is 32.1. The molecule has 1 rings (SSSR count). The van der Waals surface area contributed by atoms with Gasteiger partial charge < -0.3 is 5.11 Å². The molecule has 2 N–H and O–H groups in total. The van der Waals surface area contributed by atoms with Gasteiger partial charge in [-0.3, -0.25) is 10.1 Å². The van der Waals surface area contributed by atoms with Crippen LogP contribution in [0.15, 0.2) is 11.6 Å². The molecule has 90 valence electrons. The number of carbonyl (C=O) groups is 1. The van der Waals surface area contributed by atoms with E-state index < -0.39 is 17.6 Å². The molecule has 1 heterocycles. The van der Waals surface area contributed by atoms with Crippen molar-refractivity contribution in [3.8, 4) is 0 Å². The van der Waals surface area contributed by atoms with E-state index in [0.717, 1.165) is 11.4 Å². The van der Waals surface area contributed by atoms with Gasteiger partial charge >= 0.3 is 5.97 Å². The normalized spacial score (nSPS) is 13.7. The van der Waals surface area contributed by atoms with E-state index in [2.05, 4.69) is 10.3 Å². The van der Waals surface area contributed by atoms with Crippen LogP contribution >= 0.6 is 11.3 Å². The molecule has 0 radical (unpaired) electrons. The summed E-state index contributed by atoms with van der Waals surface area (Å²) in [6, 6.07) is -0.510. The van der Waals surface area contributed by atoms with Gasteiger partial charge in [-0.25, -0.2) is 4.98 Å². The van der Waals surface area contributed by atoms with Gasteiger partial charge in [-0.2, -0.15) is 0 Å². The summed E-state index contributed by atoms with van der Waals surface area (Å²) in [6.45, 7) is 5.89. The summed E-state index contributed by atoms with van der Waals surface area (Å²) in [7, 11) is 0. The number of carboxylic acid groups (broad SMARTS) is 1. The number of thiazole rings is 1. The van der Waals surface area contributed by atoms with Gasteiger partial charge in [-0.15, -0.1) is 11.3 Å². The first-order valence-electron chi connectivity index (χ1n) is 5.38. The third kappa shape index (κ3) is 3.28. The first-order chi connectivity index (χ1) is 7.47. The van der Waals surface area contributed by atoms with Gasteiger partial charge in [-0.05, 0) is 20.3 Å². The molecule has 16 heavy (non-hydrogen) atoms. The zero-order chi connectivity index (χ0) is 12.2. The lowest BCUT2D eigenvalue weighted by molar-refractivity contribution is -0.140. The zero-order valence-corrected chi connectivity index (χ0v) is 10.7. The Labute approximate surface area is 99.7 Å². The zero-order valence-electron chi connectivity index (χ0n) is 9.86. The lowest BCUT2D eigenvalue weighted by Crippen LogP contribution is -2.47. The molecule has 1 atom stereocenters. The van der Waals surface area contributed by atoms with Crippen molar-refractivity contribution in [1.82, 2.24) is 10.3 Å². The van der Waals surface area contributed by atoms with Crippen LogP contribution in [0.3, 0.4) is 0 Å². The van der Waals surface area contributed by atoms with Gasteiger partial charge in [0.1, 0.15) is 11.0 Å². The molecular weight excluding hydrogens is 224 g/mol. The monoisotopic (exact) mass is 242 g/mol. The lowest BCUT2D eigenvalue weighted by atomic mass is 10.0. The topological polar surface area (TPSA) is 62.2 Å². The standard InChI is InChI=1S/C11H18N2O2S/c1-4-5-8(9(14)15)13-11(2,3)10-12-6-7-16-10/h6-8,13H,4-5H2,1-3H3,(H,14,15). The fourth-order valence-corrected chi connectivity index (χ4v) is 2.30. The fraction of sp³-hybridized carbons (Fsp3) is 0.636. The summed E-state index contributed by atoms with van der Waals surface area (Å²) in [5.41, 5.74) is -0.396. The maximum absolute atomic E-state index is 11.1. The van der Waals surface area contributed by atoms with Crippen molar-refractivity contribution in [2.45, 2.75) is 45.2 Å². The highest BCUT2D eigenvalue weighted by molar-refractivity contribution is 7.09. The van der Waals surface area contributed by atoms with E-state index >= 15 is 0 Å². The lowest BCUT2D eigenvalue weighted by Gasteiger charge is -2.28. The molecule has 0 aliphatic carbocycles. The minimum Gasteiger partial charge on any atom is -0.480 e. The summed E-state index contributed by atoms with van der Waals surface area (Å²) in [5.74, 6) is -0.800. The highest BCUT2D eigenvalue weighted by Crippen LogP contribution is 2.23. The molecule has 0 bridgehead atoms. The average Bonchev–Trinajstić information content (AvgIpc) is 2.69. The molecule has 1 aromatic heterocycles. The quantitative estimate of drug-likeness (QED) is 0.803. The van der Waals surface area contributed by atoms with Crippen LogP contribution in [-0.4, -0.2) is 22.1 Å². The second-order valence-electron chi connectivity index (χ2n) is 4.29. The van der Waals surface area contributed by atoms with Gasteiger partial charge in [0.25, 0.3) is 0 Å². The van der Waals surface area contributed by atoms with Crippen molar-refractivity contribution >= 4 is 17.3 Å². The van der Waals surface area contributed by atoms with Gasteiger partial charge in [0.05, 0.1) is 5.54 Å². The number of aliphatic carboxylic acids is 1. The molecule has 4 nitrogen and oxygen atoms in total. The largest absolute Gasteiger partial charge is 0.480 e. The first kappa shape index (κ1) is 13.1. The number of hydrogen-bond donors (Lipinski definition) is 2. The van der Waals surface area contributed by atoms with Crippen LogP contribution in [0.1, 0.15) is 38.6 Å².